The van der Waals surface area contributed by atoms with Crippen LogP contribution in [0.3, 0.4) is 0 Å². The van der Waals surface area contributed by atoms with Crippen LogP contribution in [0.25, 0.3) is 11.0 Å². The molecule has 0 amide bonds. The number of nitrogens with zero attached hydrogens (tertiary/aromatic N) is 1. The lowest BCUT2D eigenvalue weighted by Crippen LogP contribution is -1.99. The summed E-state index contributed by atoms with van der Waals surface area (Å²) in [6, 6.07) is 12.3. The molecule has 0 aliphatic carbocycles. The van der Waals surface area contributed by atoms with Crippen LogP contribution in [0.1, 0.15) is 5.56 Å². The minimum Gasteiger partial charge on any atom is -0.464 e. The maximum atomic E-state index is 10.7. The molecule has 5 nitrogen and oxygen atoms in total. The lowest BCUT2D eigenvalue weighted by molar-refractivity contribution is -0.384. The van der Waals surface area contributed by atoms with Gasteiger partial charge in [-0.15, -0.1) is 0 Å². The van der Waals surface area contributed by atoms with Gasteiger partial charge in [0, 0.05) is 29.2 Å². The van der Waals surface area contributed by atoms with Gasteiger partial charge in [0.2, 0.25) is 0 Å². The van der Waals surface area contributed by atoms with Crippen LogP contribution in [0.5, 0.6) is 0 Å². The summed E-state index contributed by atoms with van der Waals surface area (Å²) in [7, 11) is 0. The van der Waals surface area contributed by atoms with E-state index in [9.17, 15) is 10.1 Å². The highest BCUT2D eigenvalue weighted by Gasteiger charge is 2.12. The SMILES string of the molecule is O=[N+]([O-])c1ccc(NCc2coc3ccccc23)cc1Cl. The van der Waals surface area contributed by atoms with Crippen LogP contribution in [0.15, 0.2) is 53.1 Å². The second-order valence-electron chi connectivity index (χ2n) is 4.53. The number of fused-ring (bicyclic) bond motifs is 1. The fraction of sp³-hybridized carbons (Fsp3) is 0.0667. The molecule has 0 aliphatic heterocycles. The highest BCUT2D eigenvalue weighted by molar-refractivity contribution is 6.32. The van der Waals surface area contributed by atoms with E-state index < -0.39 is 4.92 Å². The van der Waals surface area contributed by atoms with Crippen LogP contribution in [0.4, 0.5) is 11.4 Å². The molecule has 0 radical (unpaired) electrons. The van der Waals surface area contributed by atoms with Crippen LogP contribution in [0, 0.1) is 10.1 Å². The van der Waals surface area contributed by atoms with E-state index in [1.807, 2.05) is 24.3 Å². The summed E-state index contributed by atoms with van der Waals surface area (Å²) in [6.07, 6.45) is 1.70. The number of nitro benzene ring substituents is 1. The Hall–Kier alpha value is -2.53. The first-order chi connectivity index (χ1) is 10.1. The maximum Gasteiger partial charge on any atom is 0.288 e. The number of hydrogen-bond acceptors (Lipinski definition) is 4. The summed E-state index contributed by atoms with van der Waals surface area (Å²) in [5.41, 5.74) is 2.46. The van der Waals surface area contributed by atoms with Gasteiger partial charge in [-0.1, -0.05) is 29.8 Å². The van der Waals surface area contributed by atoms with Crippen LogP contribution in [-0.2, 0) is 6.54 Å². The molecule has 3 rings (SSSR count). The number of nitro groups is 1. The van der Waals surface area contributed by atoms with Gasteiger partial charge in [-0.2, -0.15) is 0 Å². The Kier molecular flexibility index (Phi) is 3.50. The zero-order chi connectivity index (χ0) is 14.8. The van der Waals surface area contributed by atoms with E-state index in [0.29, 0.717) is 6.54 Å². The molecular formula is C15H11ClN2O3. The van der Waals surface area contributed by atoms with E-state index in [-0.39, 0.29) is 10.7 Å². The van der Waals surface area contributed by atoms with E-state index in [1.54, 1.807) is 18.4 Å². The molecule has 6 heteroatoms. The van der Waals surface area contributed by atoms with E-state index >= 15 is 0 Å². The Morgan fingerprint density at radius 2 is 2.05 bits per heavy atom. The van der Waals surface area contributed by atoms with E-state index in [4.69, 9.17) is 16.0 Å². The summed E-state index contributed by atoms with van der Waals surface area (Å²) in [5, 5.41) is 15.0. The Morgan fingerprint density at radius 3 is 2.81 bits per heavy atom. The fourth-order valence-corrected chi connectivity index (χ4v) is 2.38. The fourth-order valence-electron chi connectivity index (χ4n) is 2.13. The Morgan fingerprint density at radius 1 is 1.24 bits per heavy atom. The molecule has 1 N–H and O–H groups in total. The number of furan rings is 1. The molecule has 3 aromatic rings. The van der Waals surface area contributed by atoms with Crippen molar-refractivity contribution < 1.29 is 9.34 Å². The van der Waals surface area contributed by atoms with Crippen molar-refractivity contribution in [2.45, 2.75) is 6.54 Å². The van der Waals surface area contributed by atoms with E-state index in [2.05, 4.69) is 5.32 Å². The van der Waals surface area contributed by atoms with Crippen molar-refractivity contribution in [1.29, 1.82) is 0 Å². The zero-order valence-corrected chi connectivity index (χ0v) is 11.6. The van der Waals surface area contributed by atoms with Crippen molar-refractivity contribution >= 4 is 33.9 Å². The largest absolute Gasteiger partial charge is 0.464 e. The Balaban J connectivity index is 1.79. The van der Waals surface area contributed by atoms with Gasteiger partial charge in [-0.05, 0) is 18.2 Å². The summed E-state index contributed by atoms with van der Waals surface area (Å²) in [5.74, 6) is 0. The number of hydrogen-bond donors (Lipinski definition) is 1. The molecule has 0 aliphatic rings. The molecule has 0 saturated heterocycles. The number of anilines is 1. The van der Waals surface area contributed by atoms with Gasteiger partial charge in [0.05, 0.1) is 11.2 Å². The first-order valence-corrected chi connectivity index (χ1v) is 6.66. The average Bonchev–Trinajstić information content (AvgIpc) is 2.88. The molecule has 0 saturated carbocycles. The van der Waals surface area contributed by atoms with Crippen LogP contribution in [-0.4, -0.2) is 4.92 Å². The number of nitrogens with one attached hydrogen (secondary N) is 1. The smallest absolute Gasteiger partial charge is 0.288 e. The van der Waals surface area contributed by atoms with Gasteiger partial charge in [0.1, 0.15) is 10.6 Å². The van der Waals surface area contributed by atoms with Crippen molar-refractivity contribution in [2.75, 3.05) is 5.32 Å². The van der Waals surface area contributed by atoms with Crippen LogP contribution in [0.2, 0.25) is 5.02 Å². The van der Waals surface area contributed by atoms with E-state index in [0.717, 1.165) is 22.2 Å². The maximum absolute atomic E-state index is 10.7. The highest BCUT2D eigenvalue weighted by atomic mass is 35.5. The van der Waals surface area contributed by atoms with Crippen LogP contribution < -0.4 is 5.32 Å². The first-order valence-electron chi connectivity index (χ1n) is 6.28. The quantitative estimate of drug-likeness (QED) is 0.564. The average molecular weight is 303 g/mol. The van der Waals surface area contributed by atoms with Gasteiger partial charge in [0.25, 0.3) is 5.69 Å². The standard InChI is InChI=1S/C15H11ClN2O3/c16-13-7-11(5-6-14(13)18(19)20)17-8-10-9-21-15-4-2-1-3-12(10)15/h1-7,9,17H,8H2. The molecule has 0 bridgehead atoms. The lowest BCUT2D eigenvalue weighted by atomic mass is 10.2. The summed E-state index contributed by atoms with van der Waals surface area (Å²) >= 11 is 5.88. The lowest BCUT2D eigenvalue weighted by Gasteiger charge is -2.05. The number of para-hydroxylation sites is 1. The van der Waals surface area contributed by atoms with Crippen molar-refractivity contribution in [3.63, 3.8) is 0 Å². The summed E-state index contributed by atoms with van der Waals surface area (Å²) < 4.78 is 5.46. The predicted octanol–water partition coefficient (Wildman–Crippen LogP) is 4.61. The van der Waals surface area contributed by atoms with Gasteiger partial charge in [0.15, 0.2) is 0 Å². The molecule has 0 atom stereocenters. The van der Waals surface area contributed by atoms with Crippen molar-refractivity contribution in [3.8, 4) is 0 Å². The molecule has 0 unspecified atom stereocenters. The normalized spacial score (nSPS) is 10.7. The van der Waals surface area contributed by atoms with Gasteiger partial charge in [-0.3, -0.25) is 10.1 Å². The zero-order valence-electron chi connectivity index (χ0n) is 10.9. The van der Waals surface area contributed by atoms with Crippen molar-refractivity contribution in [3.05, 3.63) is 69.4 Å². The molecular weight excluding hydrogens is 292 g/mol. The number of rotatable bonds is 4. The monoisotopic (exact) mass is 302 g/mol. The molecule has 1 heterocycles. The van der Waals surface area contributed by atoms with Crippen LogP contribution >= 0.6 is 11.6 Å². The minimum absolute atomic E-state index is 0.101. The topological polar surface area (TPSA) is 68.3 Å². The number of halogens is 1. The second kappa shape index (κ2) is 5.46. The Bertz CT molecular complexity index is 814. The summed E-state index contributed by atoms with van der Waals surface area (Å²) in [4.78, 5) is 10.2. The van der Waals surface area contributed by atoms with Gasteiger partial charge < -0.3 is 9.73 Å². The third-order valence-electron chi connectivity index (χ3n) is 3.19. The number of benzene rings is 2. The van der Waals surface area contributed by atoms with Gasteiger partial charge >= 0.3 is 0 Å². The predicted molar refractivity (Wildman–Crippen MR) is 81.6 cm³/mol. The molecule has 1 aromatic heterocycles. The molecule has 0 fully saturated rings. The molecule has 0 spiro atoms. The Labute approximate surface area is 125 Å². The minimum atomic E-state index is -0.504. The second-order valence-corrected chi connectivity index (χ2v) is 4.94. The summed E-state index contributed by atoms with van der Waals surface area (Å²) in [6.45, 7) is 0.547. The van der Waals surface area contributed by atoms with E-state index in [1.165, 1.54) is 6.07 Å². The highest BCUT2D eigenvalue weighted by Crippen LogP contribution is 2.28. The molecule has 21 heavy (non-hydrogen) atoms. The van der Waals surface area contributed by atoms with Crippen molar-refractivity contribution in [2.24, 2.45) is 0 Å². The van der Waals surface area contributed by atoms with Crippen molar-refractivity contribution in [1.82, 2.24) is 0 Å². The molecule has 2 aromatic carbocycles. The molecule has 106 valence electrons. The third-order valence-corrected chi connectivity index (χ3v) is 3.49. The third kappa shape index (κ3) is 2.68. The first kappa shape index (κ1) is 13.5. The van der Waals surface area contributed by atoms with Gasteiger partial charge in [-0.25, -0.2) is 0 Å².